The van der Waals surface area contributed by atoms with Crippen LogP contribution in [-0.4, -0.2) is 38.3 Å². The summed E-state index contributed by atoms with van der Waals surface area (Å²) in [7, 11) is 0. The van der Waals surface area contributed by atoms with Crippen LogP contribution in [0.3, 0.4) is 0 Å². The summed E-state index contributed by atoms with van der Waals surface area (Å²) in [6, 6.07) is 9.47. The van der Waals surface area contributed by atoms with Crippen molar-refractivity contribution in [3.8, 4) is 11.5 Å². The van der Waals surface area contributed by atoms with Gasteiger partial charge >= 0.3 is 0 Å². The first-order chi connectivity index (χ1) is 14.2. The SMILES string of the molecule is Cc1cc(Sc2ncccn2)nc(NC(=S)NCc2ccc3c(c2)OCCO3)n1. The van der Waals surface area contributed by atoms with Crippen LogP contribution >= 0.6 is 24.0 Å². The average Bonchev–Trinajstić information content (AvgIpc) is 2.72. The molecule has 0 amide bonds. The van der Waals surface area contributed by atoms with Crippen molar-refractivity contribution in [1.82, 2.24) is 25.3 Å². The van der Waals surface area contributed by atoms with Crippen LogP contribution < -0.4 is 20.1 Å². The van der Waals surface area contributed by atoms with Crippen molar-refractivity contribution in [3.63, 3.8) is 0 Å². The van der Waals surface area contributed by atoms with Gasteiger partial charge in [-0.3, -0.25) is 0 Å². The van der Waals surface area contributed by atoms with Gasteiger partial charge < -0.3 is 20.1 Å². The van der Waals surface area contributed by atoms with Crippen LogP contribution in [0.5, 0.6) is 11.5 Å². The molecule has 0 aliphatic carbocycles. The highest BCUT2D eigenvalue weighted by Crippen LogP contribution is 2.30. The van der Waals surface area contributed by atoms with Gasteiger partial charge in [0.25, 0.3) is 0 Å². The zero-order valence-electron chi connectivity index (χ0n) is 15.6. The van der Waals surface area contributed by atoms with E-state index in [1.807, 2.05) is 31.2 Å². The molecule has 0 atom stereocenters. The number of anilines is 1. The highest BCUT2D eigenvalue weighted by atomic mass is 32.2. The minimum absolute atomic E-state index is 0.420. The van der Waals surface area contributed by atoms with Gasteiger partial charge in [-0.15, -0.1) is 0 Å². The molecular weight excluding hydrogens is 408 g/mol. The fourth-order valence-electron chi connectivity index (χ4n) is 2.61. The lowest BCUT2D eigenvalue weighted by atomic mass is 10.2. The predicted molar refractivity (Wildman–Crippen MR) is 113 cm³/mol. The van der Waals surface area contributed by atoms with Crippen LogP contribution in [0.15, 0.2) is 52.9 Å². The maximum absolute atomic E-state index is 5.61. The Kier molecular flexibility index (Phi) is 6.01. The Morgan fingerprint density at radius 1 is 1.10 bits per heavy atom. The molecule has 0 saturated heterocycles. The molecule has 1 aliphatic heterocycles. The van der Waals surface area contributed by atoms with Crippen molar-refractivity contribution >= 4 is 35.0 Å². The van der Waals surface area contributed by atoms with Gasteiger partial charge in [0.05, 0.1) is 0 Å². The summed E-state index contributed by atoms with van der Waals surface area (Å²) in [6.45, 7) is 3.57. The van der Waals surface area contributed by atoms with Crippen LogP contribution in [0.25, 0.3) is 0 Å². The standard InChI is InChI=1S/C19H18N6O2S2/c1-12-9-16(29-19-20-5-2-6-21-19)24-17(23-12)25-18(28)22-11-13-3-4-14-15(10-13)27-8-7-26-14/h2-6,9-10H,7-8,11H2,1H3,(H2,22,23,24,25,28). The number of fused-ring (bicyclic) bond motifs is 1. The van der Waals surface area contributed by atoms with E-state index in [2.05, 4.69) is 30.6 Å². The fourth-order valence-corrected chi connectivity index (χ4v) is 3.54. The van der Waals surface area contributed by atoms with E-state index in [1.165, 1.54) is 11.8 Å². The maximum atomic E-state index is 5.61. The molecule has 0 fully saturated rings. The lowest BCUT2D eigenvalue weighted by Crippen LogP contribution is -2.29. The van der Waals surface area contributed by atoms with Gasteiger partial charge in [0.1, 0.15) is 18.2 Å². The molecule has 2 N–H and O–H groups in total. The van der Waals surface area contributed by atoms with Crippen LogP contribution in [0.2, 0.25) is 0 Å². The van der Waals surface area contributed by atoms with E-state index >= 15 is 0 Å². The first-order valence-corrected chi connectivity index (χ1v) is 10.1. The summed E-state index contributed by atoms with van der Waals surface area (Å²) < 4.78 is 11.1. The van der Waals surface area contributed by atoms with Crippen LogP contribution in [0.4, 0.5) is 5.95 Å². The molecular formula is C19H18N6O2S2. The van der Waals surface area contributed by atoms with Crippen molar-refractivity contribution in [2.75, 3.05) is 18.5 Å². The second kappa shape index (κ2) is 9.01. The molecule has 1 aliphatic rings. The molecule has 1 aromatic carbocycles. The van der Waals surface area contributed by atoms with E-state index in [0.717, 1.165) is 27.8 Å². The number of aryl methyl sites for hydroxylation is 1. The Bertz CT molecular complexity index is 1020. The molecule has 0 radical (unpaired) electrons. The zero-order valence-corrected chi connectivity index (χ0v) is 17.2. The molecule has 8 nitrogen and oxygen atoms in total. The summed E-state index contributed by atoms with van der Waals surface area (Å²) in [5, 5.41) is 7.97. The summed E-state index contributed by atoms with van der Waals surface area (Å²) in [5.74, 6) is 1.94. The van der Waals surface area contributed by atoms with Gasteiger partial charge in [-0.1, -0.05) is 6.07 Å². The number of hydrogen-bond acceptors (Lipinski definition) is 8. The average molecular weight is 427 g/mol. The molecule has 3 aromatic rings. The second-order valence-corrected chi connectivity index (χ2v) is 7.49. The van der Waals surface area contributed by atoms with Gasteiger partial charge in [0, 0.05) is 24.6 Å². The molecule has 148 valence electrons. The largest absolute Gasteiger partial charge is 0.486 e. The summed E-state index contributed by atoms with van der Waals surface area (Å²) in [6.07, 6.45) is 3.39. The Balaban J connectivity index is 1.37. The van der Waals surface area contributed by atoms with E-state index in [0.29, 0.717) is 36.0 Å². The van der Waals surface area contributed by atoms with Gasteiger partial charge in [-0.25, -0.2) is 19.9 Å². The van der Waals surface area contributed by atoms with E-state index in [-0.39, 0.29) is 0 Å². The van der Waals surface area contributed by atoms with E-state index in [1.54, 1.807) is 18.5 Å². The van der Waals surface area contributed by atoms with Gasteiger partial charge in [-0.2, -0.15) is 0 Å². The van der Waals surface area contributed by atoms with Crippen molar-refractivity contribution in [3.05, 3.63) is 54.0 Å². The van der Waals surface area contributed by atoms with Crippen LogP contribution in [0.1, 0.15) is 11.3 Å². The summed E-state index contributed by atoms with van der Waals surface area (Å²) >= 11 is 6.75. The summed E-state index contributed by atoms with van der Waals surface area (Å²) in [5.41, 5.74) is 1.84. The lowest BCUT2D eigenvalue weighted by molar-refractivity contribution is 0.171. The number of rotatable bonds is 5. The molecule has 0 spiro atoms. The van der Waals surface area contributed by atoms with Crippen molar-refractivity contribution in [2.24, 2.45) is 0 Å². The molecule has 10 heteroatoms. The molecule has 3 heterocycles. The number of benzene rings is 1. The third kappa shape index (κ3) is 5.30. The lowest BCUT2D eigenvalue weighted by Gasteiger charge is -2.19. The smallest absolute Gasteiger partial charge is 0.230 e. The number of nitrogens with zero attached hydrogens (tertiary/aromatic N) is 4. The van der Waals surface area contributed by atoms with E-state index < -0.39 is 0 Å². The quantitative estimate of drug-likeness (QED) is 0.360. The molecule has 2 aromatic heterocycles. The second-order valence-electron chi connectivity index (χ2n) is 6.09. The molecule has 29 heavy (non-hydrogen) atoms. The van der Waals surface area contributed by atoms with E-state index in [9.17, 15) is 0 Å². The van der Waals surface area contributed by atoms with Gasteiger partial charge in [-0.05, 0) is 60.7 Å². The minimum atomic E-state index is 0.420. The van der Waals surface area contributed by atoms with Crippen molar-refractivity contribution < 1.29 is 9.47 Å². The topological polar surface area (TPSA) is 94.1 Å². The first kappa shape index (κ1) is 19.3. The van der Waals surface area contributed by atoms with E-state index in [4.69, 9.17) is 21.7 Å². The molecule has 0 unspecified atom stereocenters. The van der Waals surface area contributed by atoms with Crippen molar-refractivity contribution in [2.45, 2.75) is 23.7 Å². The highest BCUT2D eigenvalue weighted by Gasteiger charge is 2.12. The molecule has 0 saturated carbocycles. The third-order valence-electron chi connectivity index (χ3n) is 3.85. The first-order valence-electron chi connectivity index (χ1n) is 8.90. The van der Waals surface area contributed by atoms with Crippen LogP contribution in [0, 0.1) is 6.92 Å². The number of ether oxygens (including phenoxy) is 2. The Labute approximate surface area is 177 Å². The highest BCUT2D eigenvalue weighted by molar-refractivity contribution is 7.99. The summed E-state index contributed by atoms with van der Waals surface area (Å²) in [4.78, 5) is 17.3. The Morgan fingerprint density at radius 3 is 2.72 bits per heavy atom. The normalized spacial score (nSPS) is 12.3. The molecule has 4 rings (SSSR count). The van der Waals surface area contributed by atoms with Crippen LogP contribution in [-0.2, 0) is 6.54 Å². The fraction of sp³-hybridized carbons (Fsp3) is 0.211. The van der Waals surface area contributed by atoms with Gasteiger partial charge in [0.15, 0.2) is 21.8 Å². The van der Waals surface area contributed by atoms with Gasteiger partial charge in [0.2, 0.25) is 5.95 Å². The maximum Gasteiger partial charge on any atom is 0.230 e. The van der Waals surface area contributed by atoms with Crippen molar-refractivity contribution in [1.29, 1.82) is 0 Å². The third-order valence-corrected chi connectivity index (χ3v) is 4.91. The number of hydrogen-bond donors (Lipinski definition) is 2. The predicted octanol–water partition coefficient (Wildman–Crippen LogP) is 2.98. The minimum Gasteiger partial charge on any atom is -0.486 e. The number of thiocarbonyl (C=S) groups is 1. The molecule has 0 bridgehead atoms. The Morgan fingerprint density at radius 2 is 1.90 bits per heavy atom. The Hall–Kier alpha value is -2.98. The monoisotopic (exact) mass is 426 g/mol. The zero-order chi connectivity index (χ0) is 20.1. The number of nitrogens with one attached hydrogen (secondary N) is 2. The number of aromatic nitrogens is 4.